The molecule has 3 rings (SSSR count). The summed E-state index contributed by atoms with van der Waals surface area (Å²) in [5.41, 5.74) is 11.7. The van der Waals surface area contributed by atoms with E-state index in [4.69, 9.17) is 5.73 Å². The van der Waals surface area contributed by atoms with Gasteiger partial charge in [0.1, 0.15) is 11.6 Å². The van der Waals surface area contributed by atoms with Crippen LogP contribution in [0.5, 0.6) is 0 Å². The van der Waals surface area contributed by atoms with Gasteiger partial charge in [0, 0.05) is 9.75 Å². The average molecular weight is 664 g/mol. The molecular formula is C40H61N3OS2. The molecule has 1 amide bonds. The number of aromatic nitrogens is 1. The largest absolute Gasteiger partial charge is 0.384 e. The predicted molar refractivity (Wildman–Crippen MR) is 206 cm³/mol. The second-order valence-electron chi connectivity index (χ2n) is 12.8. The van der Waals surface area contributed by atoms with Crippen LogP contribution in [0.4, 0.5) is 11.6 Å². The molecule has 0 atom stereocenters. The Morgan fingerprint density at radius 3 is 1.83 bits per heavy atom. The highest BCUT2D eigenvalue weighted by atomic mass is 32.1. The zero-order chi connectivity index (χ0) is 33.0. The van der Waals surface area contributed by atoms with E-state index in [1.165, 1.54) is 124 Å². The second-order valence-corrected chi connectivity index (χ2v) is 14.8. The fraction of sp³-hybridized carbons (Fsp3) is 0.600. The van der Waals surface area contributed by atoms with Gasteiger partial charge in [0.2, 0.25) is 0 Å². The van der Waals surface area contributed by atoms with Crippen molar-refractivity contribution in [2.45, 2.75) is 156 Å². The van der Waals surface area contributed by atoms with Gasteiger partial charge in [-0.2, -0.15) is 0 Å². The van der Waals surface area contributed by atoms with E-state index in [0.29, 0.717) is 11.6 Å². The molecule has 0 bridgehead atoms. The summed E-state index contributed by atoms with van der Waals surface area (Å²) in [5.74, 6) is 0.857. The molecule has 0 saturated carbocycles. The van der Waals surface area contributed by atoms with E-state index < -0.39 is 0 Å². The lowest BCUT2D eigenvalue weighted by Gasteiger charge is -2.10. The normalized spacial score (nSPS) is 11.6. The topological polar surface area (TPSA) is 68.0 Å². The van der Waals surface area contributed by atoms with E-state index in [9.17, 15) is 4.79 Å². The molecule has 3 aromatic rings. The summed E-state index contributed by atoms with van der Waals surface area (Å²) in [6.07, 6.45) is 29.0. The van der Waals surface area contributed by atoms with Gasteiger partial charge >= 0.3 is 0 Å². The number of hydrogen-bond donors (Lipinski definition) is 2. The van der Waals surface area contributed by atoms with Gasteiger partial charge in [-0.05, 0) is 103 Å². The second kappa shape index (κ2) is 22.2. The summed E-state index contributed by atoms with van der Waals surface area (Å²) < 4.78 is 0. The molecule has 6 heteroatoms. The van der Waals surface area contributed by atoms with Gasteiger partial charge < -0.3 is 11.1 Å². The van der Waals surface area contributed by atoms with E-state index in [2.05, 4.69) is 55.5 Å². The predicted octanol–water partition coefficient (Wildman–Crippen LogP) is 12.7. The summed E-state index contributed by atoms with van der Waals surface area (Å²) in [6.45, 7) is 9.10. The van der Waals surface area contributed by atoms with E-state index >= 15 is 0 Å². The van der Waals surface area contributed by atoms with Crippen molar-refractivity contribution in [3.05, 3.63) is 60.5 Å². The van der Waals surface area contributed by atoms with E-state index in [1.54, 1.807) is 28.5 Å². The molecule has 0 aromatic carbocycles. The Morgan fingerprint density at radius 1 is 0.696 bits per heavy atom. The highest BCUT2D eigenvalue weighted by molar-refractivity contribution is 7.15. The average Bonchev–Trinajstić information content (AvgIpc) is 3.60. The summed E-state index contributed by atoms with van der Waals surface area (Å²) in [5, 5.41) is 5.49. The SMILES string of the molecule is CCCCCCc1csc(/C=C/c2sc(C(=O)Nc3cccc(N)n3)c(CCCCCC)c2CCCCCC)c1CCCCCC. The zero-order valence-corrected chi connectivity index (χ0v) is 31.0. The van der Waals surface area contributed by atoms with Crippen molar-refractivity contribution in [2.75, 3.05) is 11.1 Å². The Labute approximate surface area is 288 Å². The third kappa shape index (κ3) is 12.6. The first-order valence-corrected chi connectivity index (χ1v) is 20.2. The van der Waals surface area contributed by atoms with Crippen LogP contribution in [0, 0.1) is 0 Å². The molecule has 0 spiro atoms. The number of carbonyl (C=O) groups excluding carboxylic acids is 1. The minimum atomic E-state index is -0.0647. The summed E-state index contributed by atoms with van der Waals surface area (Å²) in [7, 11) is 0. The Morgan fingerprint density at radius 2 is 1.24 bits per heavy atom. The lowest BCUT2D eigenvalue weighted by atomic mass is 9.96. The number of hydrogen-bond acceptors (Lipinski definition) is 5. The van der Waals surface area contributed by atoms with Crippen LogP contribution in [0.1, 0.15) is 172 Å². The first-order chi connectivity index (χ1) is 22.5. The van der Waals surface area contributed by atoms with Crippen LogP contribution in [-0.2, 0) is 25.7 Å². The Balaban J connectivity index is 1.97. The van der Waals surface area contributed by atoms with Gasteiger partial charge in [-0.15, -0.1) is 22.7 Å². The van der Waals surface area contributed by atoms with Crippen molar-refractivity contribution >= 4 is 52.4 Å². The molecule has 0 radical (unpaired) electrons. The fourth-order valence-electron chi connectivity index (χ4n) is 6.22. The van der Waals surface area contributed by atoms with Crippen molar-refractivity contribution in [3.8, 4) is 0 Å². The number of pyridine rings is 1. The van der Waals surface area contributed by atoms with Gasteiger partial charge in [-0.1, -0.05) is 111 Å². The standard InChI is InChI=1S/C40H61N3OS2/c1-5-9-13-17-22-31-30-45-35(32(31)23-18-14-10-6-2)28-29-36-33(24-19-15-11-7-3)34(25-20-16-12-8-4)39(46-36)40(44)43-38-27-21-26-37(41)42-38/h21,26-30H,5-20,22-25H2,1-4H3,(H3,41,42,43,44)/b29-28+. The fourth-order valence-corrected chi connectivity index (χ4v) is 8.47. The van der Waals surface area contributed by atoms with Crippen molar-refractivity contribution < 1.29 is 4.79 Å². The number of thiophene rings is 2. The molecule has 0 aliphatic carbocycles. The summed E-state index contributed by atoms with van der Waals surface area (Å²) in [6, 6.07) is 5.40. The maximum atomic E-state index is 13.8. The highest BCUT2D eigenvalue weighted by Crippen LogP contribution is 2.36. The number of nitrogens with two attached hydrogens (primary N) is 1. The number of rotatable bonds is 24. The third-order valence-corrected chi connectivity index (χ3v) is 11.2. The Kier molecular flexibility index (Phi) is 18.3. The molecule has 0 aliphatic heterocycles. The number of nitrogens with one attached hydrogen (secondary N) is 1. The maximum absolute atomic E-state index is 13.8. The van der Waals surface area contributed by atoms with Crippen molar-refractivity contribution in [1.29, 1.82) is 0 Å². The van der Waals surface area contributed by atoms with Crippen molar-refractivity contribution in [3.63, 3.8) is 0 Å². The number of carbonyl (C=O) groups is 1. The number of nitrogens with zero attached hydrogens (tertiary/aromatic N) is 1. The first kappa shape index (κ1) is 38.0. The number of anilines is 2. The summed E-state index contributed by atoms with van der Waals surface area (Å²) >= 11 is 3.58. The van der Waals surface area contributed by atoms with Gasteiger partial charge in [-0.3, -0.25) is 4.79 Å². The van der Waals surface area contributed by atoms with Gasteiger partial charge in [0.05, 0.1) is 4.88 Å². The van der Waals surface area contributed by atoms with Crippen LogP contribution in [0.2, 0.25) is 0 Å². The molecule has 0 unspecified atom stereocenters. The van der Waals surface area contributed by atoms with Crippen LogP contribution in [0.3, 0.4) is 0 Å². The molecule has 3 N–H and O–H groups in total. The van der Waals surface area contributed by atoms with Crippen molar-refractivity contribution in [1.82, 2.24) is 4.98 Å². The van der Waals surface area contributed by atoms with Crippen molar-refractivity contribution in [2.24, 2.45) is 0 Å². The van der Waals surface area contributed by atoms with Gasteiger partial charge in [0.25, 0.3) is 5.91 Å². The maximum Gasteiger partial charge on any atom is 0.267 e. The van der Waals surface area contributed by atoms with Gasteiger partial charge in [-0.25, -0.2) is 4.98 Å². The monoisotopic (exact) mass is 663 g/mol. The van der Waals surface area contributed by atoms with E-state index in [0.717, 1.165) is 30.6 Å². The first-order valence-electron chi connectivity index (χ1n) is 18.5. The van der Waals surface area contributed by atoms with E-state index in [-0.39, 0.29) is 5.91 Å². The number of amides is 1. The molecule has 46 heavy (non-hydrogen) atoms. The Bertz CT molecular complexity index is 1320. The molecule has 3 heterocycles. The summed E-state index contributed by atoms with van der Waals surface area (Å²) in [4.78, 5) is 21.7. The van der Waals surface area contributed by atoms with Crippen LogP contribution in [0.25, 0.3) is 12.2 Å². The minimum Gasteiger partial charge on any atom is -0.384 e. The minimum absolute atomic E-state index is 0.0647. The quantitative estimate of drug-likeness (QED) is 0.0937. The molecule has 3 aromatic heterocycles. The lowest BCUT2D eigenvalue weighted by molar-refractivity contribution is 0.102. The highest BCUT2D eigenvalue weighted by Gasteiger charge is 2.22. The Hall–Kier alpha value is -2.44. The van der Waals surface area contributed by atoms with Crippen LogP contribution < -0.4 is 11.1 Å². The molecule has 4 nitrogen and oxygen atoms in total. The zero-order valence-electron chi connectivity index (χ0n) is 29.4. The van der Waals surface area contributed by atoms with Crippen LogP contribution in [-0.4, -0.2) is 10.9 Å². The molecule has 0 aliphatic rings. The molecule has 0 saturated heterocycles. The number of nitrogen functional groups attached to an aromatic ring is 1. The third-order valence-electron chi connectivity index (χ3n) is 8.91. The molecule has 254 valence electrons. The van der Waals surface area contributed by atoms with Crippen LogP contribution in [0.15, 0.2) is 23.6 Å². The van der Waals surface area contributed by atoms with Crippen LogP contribution >= 0.6 is 22.7 Å². The van der Waals surface area contributed by atoms with E-state index in [1.807, 2.05) is 23.5 Å². The molecular weight excluding hydrogens is 603 g/mol. The molecule has 0 fully saturated rings. The lowest BCUT2D eigenvalue weighted by Crippen LogP contribution is -2.14. The smallest absolute Gasteiger partial charge is 0.267 e. The number of unbranched alkanes of at least 4 members (excludes halogenated alkanes) is 12. The van der Waals surface area contributed by atoms with Gasteiger partial charge in [0.15, 0.2) is 0 Å². The number of aryl methyl sites for hydroxylation is 1.